The molecule has 1 heterocycles. The minimum Gasteiger partial charge on any atom is -0.493 e. The average molecular weight is 462 g/mol. The van der Waals surface area contributed by atoms with E-state index in [9.17, 15) is 9.59 Å². The monoisotopic (exact) mass is 461 g/mol. The summed E-state index contributed by atoms with van der Waals surface area (Å²) in [5.74, 6) is 0.266. The molecule has 6 nitrogen and oxygen atoms in total. The Morgan fingerprint density at radius 1 is 1.09 bits per heavy atom. The molecule has 0 bridgehead atoms. The van der Waals surface area contributed by atoms with Crippen LogP contribution >= 0.6 is 0 Å². The molecule has 2 aliphatic rings. The Kier molecular flexibility index (Phi) is 7.06. The van der Waals surface area contributed by atoms with E-state index in [0.29, 0.717) is 41.4 Å². The highest BCUT2D eigenvalue weighted by Crippen LogP contribution is 2.44. The third kappa shape index (κ3) is 4.86. The molecule has 178 valence electrons. The summed E-state index contributed by atoms with van der Waals surface area (Å²) in [5.41, 5.74) is 4.56. The zero-order valence-corrected chi connectivity index (χ0v) is 20.1. The number of methoxy groups -OCH3 is 1. The van der Waals surface area contributed by atoms with E-state index >= 15 is 0 Å². The molecule has 0 radical (unpaired) electrons. The first-order chi connectivity index (χ1) is 16.4. The van der Waals surface area contributed by atoms with Gasteiger partial charge in [-0.1, -0.05) is 36.4 Å². The van der Waals surface area contributed by atoms with Crippen LogP contribution in [0.3, 0.4) is 0 Å². The Balaban J connectivity index is 1.73. The number of ketones is 1. The lowest BCUT2D eigenvalue weighted by molar-refractivity contribution is -0.143. The first kappa shape index (κ1) is 23.6. The Bertz CT molecular complexity index is 1150. The maximum atomic E-state index is 13.2. The second kappa shape index (κ2) is 10.2. The Labute approximate surface area is 200 Å². The highest BCUT2D eigenvalue weighted by Gasteiger charge is 2.39. The topological polar surface area (TPSA) is 73.9 Å². The number of dihydropyridines is 1. The summed E-state index contributed by atoms with van der Waals surface area (Å²) in [7, 11) is 1.59. The minimum atomic E-state index is -0.521. The van der Waals surface area contributed by atoms with Crippen LogP contribution in [0.4, 0.5) is 0 Å². The van der Waals surface area contributed by atoms with Crippen LogP contribution in [0, 0.1) is 0 Å². The number of hydrogen-bond donors (Lipinski definition) is 1. The molecule has 0 spiro atoms. The number of carbonyl (C=O) groups is 2. The lowest BCUT2D eigenvalue weighted by Crippen LogP contribution is -2.35. The SMILES string of the molecule is COc1cc([C@@H]2C(C(=O)OC(C)C)=C(C)NC3=C2C(=O)CCC3)ccc1OCc1ccccc1. The van der Waals surface area contributed by atoms with Crippen molar-refractivity contribution in [3.63, 3.8) is 0 Å². The summed E-state index contributed by atoms with van der Waals surface area (Å²) in [6.45, 7) is 5.90. The molecule has 1 aliphatic carbocycles. The van der Waals surface area contributed by atoms with Crippen molar-refractivity contribution in [3.8, 4) is 11.5 Å². The summed E-state index contributed by atoms with van der Waals surface area (Å²) in [4.78, 5) is 26.2. The molecule has 1 aliphatic heterocycles. The Morgan fingerprint density at radius 3 is 2.56 bits per heavy atom. The number of allylic oxidation sites excluding steroid dienone is 3. The molecule has 34 heavy (non-hydrogen) atoms. The Hall–Kier alpha value is -3.54. The van der Waals surface area contributed by atoms with Gasteiger partial charge in [-0.25, -0.2) is 4.79 Å². The van der Waals surface area contributed by atoms with E-state index < -0.39 is 11.9 Å². The van der Waals surface area contributed by atoms with Gasteiger partial charge in [0.2, 0.25) is 0 Å². The molecule has 2 aromatic rings. The lowest BCUT2D eigenvalue weighted by Gasteiger charge is -2.34. The van der Waals surface area contributed by atoms with E-state index in [-0.39, 0.29) is 11.9 Å². The molecule has 0 amide bonds. The van der Waals surface area contributed by atoms with Crippen LogP contribution in [0.25, 0.3) is 0 Å². The highest BCUT2D eigenvalue weighted by atomic mass is 16.5. The highest BCUT2D eigenvalue weighted by molar-refractivity contribution is 6.03. The normalized spacial score (nSPS) is 17.9. The van der Waals surface area contributed by atoms with Gasteiger partial charge >= 0.3 is 5.97 Å². The van der Waals surface area contributed by atoms with Crippen molar-refractivity contribution in [1.29, 1.82) is 0 Å². The van der Waals surface area contributed by atoms with Gasteiger partial charge in [-0.15, -0.1) is 0 Å². The minimum absolute atomic E-state index is 0.0597. The fourth-order valence-electron chi connectivity index (χ4n) is 4.58. The summed E-state index contributed by atoms with van der Waals surface area (Å²) in [6.07, 6.45) is 1.77. The number of hydrogen-bond acceptors (Lipinski definition) is 6. The largest absolute Gasteiger partial charge is 0.493 e. The standard InChI is InChI=1S/C28H31NO5/c1-17(2)34-28(31)25-18(3)29-21-11-8-12-22(30)27(21)26(25)20-13-14-23(24(15-20)32-4)33-16-19-9-6-5-7-10-19/h5-7,9-10,13-15,17,26,29H,8,11-12,16H2,1-4H3/t26-/m1/s1. The van der Waals surface area contributed by atoms with Crippen LogP contribution in [0.2, 0.25) is 0 Å². The number of ether oxygens (including phenoxy) is 3. The van der Waals surface area contributed by atoms with E-state index in [1.165, 1.54) is 0 Å². The van der Waals surface area contributed by atoms with Gasteiger partial charge in [0.25, 0.3) is 0 Å². The van der Waals surface area contributed by atoms with Crippen molar-refractivity contribution in [2.75, 3.05) is 7.11 Å². The predicted octanol–water partition coefficient (Wildman–Crippen LogP) is 5.19. The second-order valence-electron chi connectivity index (χ2n) is 8.90. The quantitative estimate of drug-likeness (QED) is 0.572. The average Bonchev–Trinajstić information content (AvgIpc) is 2.82. The molecule has 0 unspecified atom stereocenters. The molecule has 0 fully saturated rings. The summed E-state index contributed by atoms with van der Waals surface area (Å²) < 4.78 is 17.2. The molecule has 6 heteroatoms. The third-order valence-electron chi connectivity index (χ3n) is 6.10. The van der Waals surface area contributed by atoms with E-state index in [0.717, 1.165) is 29.7 Å². The number of benzene rings is 2. The van der Waals surface area contributed by atoms with Crippen LogP contribution in [0.1, 0.15) is 57.1 Å². The van der Waals surface area contributed by atoms with Gasteiger partial charge in [0.05, 0.1) is 18.8 Å². The smallest absolute Gasteiger partial charge is 0.337 e. The van der Waals surface area contributed by atoms with Crippen molar-refractivity contribution in [1.82, 2.24) is 5.32 Å². The molecular formula is C28H31NO5. The van der Waals surface area contributed by atoms with Crippen molar-refractivity contribution in [2.45, 2.75) is 58.7 Å². The second-order valence-corrected chi connectivity index (χ2v) is 8.90. The van der Waals surface area contributed by atoms with Crippen LogP contribution in [0.5, 0.6) is 11.5 Å². The summed E-state index contributed by atoms with van der Waals surface area (Å²) >= 11 is 0. The zero-order valence-electron chi connectivity index (χ0n) is 20.1. The number of carbonyl (C=O) groups excluding carboxylic acids is 2. The number of Topliss-reactive ketones (excluding diaryl/α,β-unsaturated/α-hetero) is 1. The van der Waals surface area contributed by atoms with Gasteiger partial charge in [0.1, 0.15) is 6.61 Å². The van der Waals surface area contributed by atoms with Crippen LogP contribution in [0.15, 0.2) is 71.1 Å². The molecule has 2 aromatic carbocycles. The van der Waals surface area contributed by atoms with Crippen molar-refractivity contribution < 1.29 is 23.8 Å². The van der Waals surface area contributed by atoms with Gasteiger partial charge in [-0.3, -0.25) is 4.79 Å². The first-order valence-electron chi connectivity index (χ1n) is 11.7. The predicted molar refractivity (Wildman–Crippen MR) is 129 cm³/mol. The molecule has 0 saturated carbocycles. The lowest BCUT2D eigenvalue weighted by atomic mass is 9.75. The van der Waals surface area contributed by atoms with E-state index in [1.54, 1.807) is 7.11 Å². The summed E-state index contributed by atoms with van der Waals surface area (Å²) in [6, 6.07) is 15.5. The first-order valence-corrected chi connectivity index (χ1v) is 11.7. The molecule has 0 aromatic heterocycles. The van der Waals surface area contributed by atoms with Gasteiger partial charge in [0.15, 0.2) is 17.3 Å². The number of esters is 1. The summed E-state index contributed by atoms with van der Waals surface area (Å²) in [5, 5.41) is 3.31. The third-order valence-corrected chi connectivity index (χ3v) is 6.10. The van der Waals surface area contributed by atoms with Gasteiger partial charge < -0.3 is 19.5 Å². The van der Waals surface area contributed by atoms with E-state index in [4.69, 9.17) is 14.2 Å². The van der Waals surface area contributed by atoms with Crippen LogP contribution in [-0.4, -0.2) is 25.0 Å². The Morgan fingerprint density at radius 2 is 1.85 bits per heavy atom. The molecule has 1 atom stereocenters. The zero-order chi connectivity index (χ0) is 24.2. The van der Waals surface area contributed by atoms with E-state index in [1.807, 2.05) is 69.3 Å². The molecule has 4 rings (SSSR count). The van der Waals surface area contributed by atoms with Crippen LogP contribution < -0.4 is 14.8 Å². The van der Waals surface area contributed by atoms with Crippen molar-refractivity contribution >= 4 is 11.8 Å². The fraction of sp³-hybridized carbons (Fsp3) is 0.357. The van der Waals surface area contributed by atoms with Crippen LogP contribution in [-0.2, 0) is 20.9 Å². The van der Waals surface area contributed by atoms with Gasteiger partial charge in [0, 0.05) is 29.3 Å². The van der Waals surface area contributed by atoms with Gasteiger partial charge in [-0.2, -0.15) is 0 Å². The maximum absolute atomic E-state index is 13.2. The fourth-order valence-corrected chi connectivity index (χ4v) is 4.58. The van der Waals surface area contributed by atoms with Crippen molar-refractivity contribution in [3.05, 3.63) is 82.2 Å². The molecular weight excluding hydrogens is 430 g/mol. The molecule has 1 N–H and O–H groups in total. The van der Waals surface area contributed by atoms with E-state index in [2.05, 4.69) is 5.32 Å². The maximum Gasteiger partial charge on any atom is 0.337 e. The van der Waals surface area contributed by atoms with Crippen molar-refractivity contribution in [2.24, 2.45) is 0 Å². The number of rotatable bonds is 7. The number of nitrogens with one attached hydrogen (secondary N) is 1. The van der Waals surface area contributed by atoms with Gasteiger partial charge in [-0.05, 0) is 56.9 Å². The molecule has 0 saturated heterocycles.